The molecule has 0 saturated carbocycles. The highest BCUT2D eigenvalue weighted by molar-refractivity contribution is 6.07. The third-order valence-electron chi connectivity index (χ3n) is 5.60. The third-order valence-corrected chi connectivity index (χ3v) is 5.60. The molecule has 3 aromatic rings. The number of nitrogens with zero attached hydrogens (tertiary/aromatic N) is 1. The first-order valence-corrected chi connectivity index (χ1v) is 10.4. The van der Waals surface area contributed by atoms with Crippen molar-refractivity contribution >= 4 is 17.5 Å². The molecule has 0 bridgehead atoms. The fourth-order valence-corrected chi connectivity index (χ4v) is 3.97. The zero-order valence-corrected chi connectivity index (χ0v) is 17.2. The standard InChI is InChI=1S/C26H26N2O2/c1-19-17-23-9-5-6-10-24(23)28(19)26(30)22-14-11-21(12-15-22)18-27-25(29)16-13-20-7-3-2-4-8-20/h2-12,14-15,19H,13,16-18H2,1H3,(H,27,29). The van der Waals surface area contributed by atoms with Crippen LogP contribution in [0.2, 0.25) is 0 Å². The van der Waals surface area contributed by atoms with Gasteiger partial charge in [-0.3, -0.25) is 9.59 Å². The van der Waals surface area contributed by atoms with Gasteiger partial charge in [0.25, 0.3) is 5.91 Å². The first kappa shape index (κ1) is 19.9. The zero-order valence-electron chi connectivity index (χ0n) is 17.2. The maximum atomic E-state index is 13.1. The average molecular weight is 399 g/mol. The molecule has 0 radical (unpaired) electrons. The largest absolute Gasteiger partial charge is 0.352 e. The fourth-order valence-electron chi connectivity index (χ4n) is 3.97. The Morgan fingerprint density at radius 2 is 1.60 bits per heavy atom. The van der Waals surface area contributed by atoms with Crippen LogP contribution >= 0.6 is 0 Å². The van der Waals surface area contributed by atoms with Gasteiger partial charge in [0.05, 0.1) is 0 Å². The molecular weight excluding hydrogens is 372 g/mol. The molecule has 30 heavy (non-hydrogen) atoms. The normalized spacial score (nSPS) is 15.0. The summed E-state index contributed by atoms with van der Waals surface area (Å²) in [4.78, 5) is 27.1. The number of hydrogen-bond acceptors (Lipinski definition) is 2. The Labute approximate surface area is 177 Å². The van der Waals surface area contributed by atoms with E-state index in [0.29, 0.717) is 18.5 Å². The van der Waals surface area contributed by atoms with Gasteiger partial charge in [0.1, 0.15) is 0 Å². The molecule has 2 amide bonds. The molecule has 1 atom stereocenters. The van der Waals surface area contributed by atoms with E-state index in [1.165, 1.54) is 5.56 Å². The van der Waals surface area contributed by atoms with Crippen LogP contribution in [0.3, 0.4) is 0 Å². The molecule has 4 rings (SSSR count). The van der Waals surface area contributed by atoms with Gasteiger partial charge >= 0.3 is 0 Å². The highest BCUT2D eigenvalue weighted by Gasteiger charge is 2.31. The molecular formula is C26H26N2O2. The van der Waals surface area contributed by atoms with Crippen LogP contribution in [0.15, 0.2) is 78.9 Å². The Hall–Kier alpha value is -3.40. The second kappa shape index (κ2) is 8.95. The molecule has 152 valence electrons. The van der Waals surface area contributed by atoms with Gasteiger partial charge < -0.3 is 10.2 Å². The van der Waals surface area contributed by atoms with Crippen molar-refractivity contribution in [3.63, 3.8) is 0 Å². The number of amides is 2. The van der Waals surface area contributed by atoms with Gasteiger partial charge in [-0.15, -0.1) is 0 Å². The van der Waals surface area contributed by atoms with E-state index in [9.17, 15) is 9.59 Å². The first-order chi connectivity index (χ1) is 14.6. The summed E-state index contributed by atoms with van der Waals surface area (Å²) in [6, 6.07) is 25.8. The fraction of sp³-hybridized carbons (Fsp3) is 0.231. The van der Waals surface area contributed by atoms with Crippen LogP contribution < -0.4 is 10.2 Å². The van der Waals surface area contributed by atoms with E-state index in [0.717, 1.165) is 29.7 Å². The van der Waals surface area contributed by atoms with Crippen LogP contribution in [0.5, 0.6) is 0 Å². The van der Waals surface area contributed by atoms with Crippen molar-refractivity contribution in [2.24, 2.45) is 0 Å². The molecule has 0 saturated heterocycles. The third kappa shape index (κ3) is 4.43. The molecule has 4 nitrogen and oxygen atoms in total. The monoisotopic (exact) mass is 398 g/mol. The SMILES string of the molecule is CC1Cc2ccccc2N1C(=O)c1ccc(CNC(=O)CCc2ccccc2)cc1. The molecule has 0 fully saturated rings. The molecule has 1 heterocycles. The summed E-state index contributed by atoms with van der Waals surface area (Å²) in [6.45, 7) is 2.54. The summed E-state index contributed by atoms with van der Waals surface area (Å²) in [7, 11) is 0. The summed E-state index contributed by atoms with van der Waals surface area (Å²) in [5.74, 6) is 0.0485. The minimum absolute atomic E-state index is 0.0193. The summed E-state index contributed by atoms with van der Waals surface area (Å²) < 4.78 is 0. The van der Waals surface area contributed by atoms with Crippen molar-refractivity contribution in [3.8, 4) is 0 Å². The Morgan fingerprint density at radius 1 is 0.900 bits per heavy atom. The zero-order chi connectivity index (χ0) is 20.9. The van der Waals surface area contributed by atoms with Crippen LogP contribution in [0.1, 0.15) is 40.4 Å². The lowest BCUT2D eigenvalue weighted by molar-refractivity contribution is -0.121. The first-order valence-electron chi connectivity index (χ1n) is 10.4. The lowest BCUT2D eigenvalue weighted by Gasteiger charge is -2.23. The van der Waals surface area contributed by atoms with E-state index in [1.807, 2.05) is 77.7 Å². The summed E-state index contributed by atoms with van der Waals surface area (Å²) in [6.07, 6.45) is 2.08. The molecule has 4 heteroatoms. The highest BCUT2D eigenvalue weighted by Crippen LogP contribution is 2.33. The minimum Gasteiger partial charge on any atom is -0.352 e. The van der Waals surface area contributed by atoms with Crippen LogP contribution in [-0.4, -0.2) is 17.9 Å². The number of nitrogens with one attached hydrogen (secondary N) is 1. The number of anilines is 1. The number of aryl methyl sites for hydroxylation is 1. The number of carbonyl (C=O) groups is 2. The van der Waals surface area contributed by atoms with Gasteiger partial charge in [-0.25, -0.2) is 0 Å². The van der Waals surface area contributed by atoms with Gasteiger partial charge in [0, 0.05) is 30.3 Å². The Bertz CT molecular complexity index is 1030. The van der Waals surface area contributed by atoms with Gasteiger partial charge in [0.15, 0.2) is 0 Å². The van der Waals surface area contributed by atoms with Crippen molar-refractivity contribution in [1.82, 2.24) is 5.32 Å². The molecule has 0 spiro atoms. The topological polar surface area (TPSA) is 49.4 Å². The van der Waals surface area contributed by atoms with E-state index >= 15 is 0 Å². The van der Waals surface area contributed by atoms with Crippen molar-refractivity contribution in [2.45, 2.75) is 38.8 Å². The Balaban J connectivity index is 1.33. The van der Waals surface area contributed by atoms with Crippen molar-refractivity contribution < 1.29 is 9.59 Å². The van der Waals surface area contributed by atoms with Crippen LogP contribution in [-0.2, 0) is 24.2 Å². The number of hydrogen-bond donors (Lipinski definition) is 1. The quantitative estimate of drug-likeness (QED) is 0.663. The Kier molecular flexibility index (Phi) is 5.94. The molecule has 0 aliphatic carbocycles. The predicted molar refractivity (Wildman–Crippen MR) is 119 cm³/mol. The molecule has 1 aliphatic rings. The van der Waals surface area contributed by atoms with Gasteiger partial charge in [0.2, 0.25) is 5.91 Å². The van der Waals surface area contributed by atoms with Crippen molar-refractivity contribution in [1.29, 1.82) is 0 Å². The number of fused-ring (bicyclic) bond motifs is 1. The molecule has 1 unspecified atom stereocenters. The number of rotatable bonds is 6. The van der Waals surface area contributed by atoms with Crippen LogP contribution in [0, 0.1) is 0 Å². The van der Waals surface area contributed by atoms with Gasteiger partial charge in [-0.05, 0) is 54.7 Å². The number of para-hydroxylation sites is 1. The number of carbonyl (C=O) groups excluding carboxylic acids is 2. The van der Waals surface area contributed by atoms with E-state index in [2.05, 4.69) is 18.3 Å². The van der Waals surface area contributed by atoms with E-state index in [1.54, 1.807) is 0 Å². The molecule has 3 aromatic carbocycles. The molecule has 1 N–H and O–H groups in total. The number of benzene rings is 3. The summed E-state index contributed by atoms with van der Waals surface area (Å²) >= 11 is 0. The van der Waals surface area contributed by atoms with E-state index in [-0.39, 0.29) is 17.9 Å². The van der Waals surface area contributed by atoms with Crippen molar-refractivity contribution in [3.05, 3.63) is 101 Å². The van der Waals surface area contributed by atoms with E-state index in [4.69, 9.17) is 0 Å². The second-order valence-electron chi connectivity index (χ2n) is 7.82. The predicted octanol–water partition coefficient (Wildman–Crippen LogP) is 4.53. The lowest BCUT2D eigenvalue weighted by Crippen LogP contribution is -2.35. The lowest BCUT2D eigenvalue weighted by atomic mass is 10.1. The molecule has 0 aromatic heterocycles. The minimum atomic E-state index is 0.0193. The molecule has 1 aliphatic heterocycles. The van der Waals surface area contributed by atoms with Crippen molar-refractivity contribution in [2.75, 3.05) is 4.90 Å². The summed E-state index contributed by atoms with van der Waals surface area (Å²) in [5.41, 5.74) is 5.03. The van der Waals surface area contributed by atoms with Gasteiger partial charge in [-0.1, -0.05) is 60.7 Å². The highest BCUT2D eigenvalue weighted by atomic mass is 16.2. The second-order valence-corrected chi connectivity index (χ2v) is 7.82. The maximum absolute atomic E-state index is 13.1. The van der Waals surface area contributed by atoms with Crippen LogP contribution in [0.25, 0.3) is 0 Å². The van der Waals surface area contributed by atoms with Gasteiger partial charge in [-0.2, -0.15) is 0 Å². The maximum Gasteiger partial charge on any atom is 0.258 e. The Morgan fingerprint density at radius 3 is 2.37 bits per heavy atom. The van der Waals surface area contributed by atoms with E-state index < -0.39 is 0 Å². The summed E-state index contributed by atoms with van der Waals surface area (Å²) in [5, 5.41) is 2.96. The van der Waals surface area contributed by atoms with Crippen LogP contribution in [0.4, 0.5) is 5.69 Å². The smallest absolute Gasteiger partial charge is 0.258 e. The average Bonchev–Trinajstić information content (AvgIpc) is 3.12.